The molecule has 0 bridgehead atoms. The van der Waals surface area contributed by atoms with Gasteiger partial charge in [-0.05, 0) is 42.5 Å². The highest BCUT2D eigenvalue weighted by Gasteiger charge is 2.35. The highest BCUT2D eigenvalue weighted by Crippen LogP contribution is 2.19. The van der Waals surface area contributed by atoms with Crippen molar-refractivity contribution in [2.45, 2.75) is 37.9 Å². The van der Waals surface area contributed by atoms with Crippen LogP contribution in [0.5, 0.6) is 0 Å². The number of likely N-dealkylation sites (tertiary alicyclic amines) is 1. The monoisotopic (exact) mass is 367 g/mol. The van der Waals surface area contributed by atoms with E-state index in [9.17, 15) is 9.59 Å². The zero-order valence-corrected chi connectivity index (χ0v) is 15.2. The van der Waals surface area contributed by atoms with Gasteiger partial charge in [0, 0.05) is 19.3 Å². The Labute approximate surface area is 158 Å². The van der Waals surface area contributed by atoms with Crippen LogP contribution in [0.3, 0.4) is 0 Å². The summed E-state index contributed by atoms with van der Waals surface area (Å²) in [6, 6.07) is 12.0. The van der Waals surface area contributed by atoms with Crippen molar-refractivity contribution in [3.05, 3.63) is 59.8 Å². The minimum absolute atomic E-state index is 0.164. The lowest BCUT2D eigenvalue weighted by molar-refractivity contribution is -0.139. The third-order valence-electron chi connectivity index (χ3n) is 4.77. The van der Waals surface area contributed by atoms with Gasteiger partial charge in [0.15, 0.2) is 0 Å². The fraction of sp³-hybridized carbons (Fsp3) is 0.350. The topological polar surface area (TPSA) is 114 Å². The van der Waals surface area contributed by atoms with E-state index >= 15 is 0 Å². The molecule has 1 aliphatic heterocycles. The van der Waals surface area contributed by atoms with Crippen LogP contribution in [0.1, 0.15) is 24.0 Å². The summed E-state index contributed by atoms with van der Waals surface area (Å²) < 4.78 is 0. The number of nitrogen functional groups attached to an aromatic ring is 1. The van der Waals surface area contributed by atoms with Crippen molar-refractivity contribution in [1.82, 2.24) is 15.2 Å². The quantitative estimate of drug-likeness (QED) is 0.700. The molecule has 7 heteroatoms. The summed E-state index contributed by atoms with van der Waals surface area (Å²) in [7, 11) is 0. The van der Waals surface area contributed by atoms with E-state index in [1.165, 1.54) is 0 Å². The second-order valence-electron chi connectivity index (χ2n) is 6.79. The first-order chi connectivity index (χ1) is 13.0. The number of nitrogens with one attached hydrogen (secondary N) is 1. The molecule has 0 aliphatic carbocycles. The van der Waals surface area contributed by atoms with Crippen molar-refractivity contribution in [2.24, 2.45) is 5.73 Å². The lowest BCUT2D eigenvalue weighted by atomic mass is 10.1. The Kier molecular flexibility index (Phi) is 6.03. The van der Waals surface area contributed by atoms with Crippen molar-refractivity contribution >= 4 is 17.6 Å². The summed E-state index contributed by atoms with van der Waals surface area (Å²) in [5, 5.41) is 2.88. The van der Waals surface area contributed by atoms with Gasteiger partial charge in [0.05, 0.1) is 6.04 Å². The van der Waals surface area contributed by atoms with Gasteiger partial charge in [-0.15, -0.1) is 0 Å². The number of nitrogens with two attached hydrogens (primary N) is 2. The van der Waals surface area contributed by atoms with Gasteiger partial charge >= 0.3 is 0 Å². The molecule has 0 saturated carbocycles. The minimum atomic E-state index is -0.652. The molecule has 7 nitrogen and oxygen atoms in total. The Balaban J connectivity index is 1.58. The first-order valence-electron chi connectivity index (χ1n) is 9.12. The van der Waals surface area contributed by atoms with Gasteiger partial charge in [-0.1, -0.05) is 30.3 Å². The largest absolute Gasteiger partial charge is 0.384 e. The molecule has 2 heterocycles. The Morgan fingerprint density at radius 2 is 2.00 bits per heavy atom. The van der Waals surface area contributed by atoms with E-state index in [0.29, 0.717) is 31.7 Å². The average Bonchev–Trinajstić information content (AvgIpc) is 3.16. The molecule has 142 valence electrons. The number of aromatic nitrogens is 1. The summed E-state index contributed by atoms with van der Waals surface area (Å²) in [5.41, 5.74) is 13.7. The van der Waals surface area contributed by atoms with E-state index < -0.39 is 12.1 Å². The number of benzene rings is 1. The summed E-state index contributed by atoms with van der Waals surface area (Å²) in [6.45, 7) is 0.905. The number of carbonyl (C=O) groups is 2. The van der Waals surface area contributed by atoms with E-state index in [1.807, 2.05) is 30.3 Å². The SMILES string of the molecule is Nc1cc(CNC(=O)[C@@H]2CCCN2C(=O)[C@H](N)Cc2ccccc2)ccn1. The minimum Gasteiger partial charge on any atom is -0.384 e. The average molecular weight is 367 g/mol. The number of rotatable bonds is 6. The van der Waals surface area contributed by atoms with Crippen LogP contribution < -0.4 is 16.8 Å². The Morgan fingerprint density at radius 1 is 1.22 bits per heavy atom. The second-order valence-corrected chi connectivity index (χ2v) is 6.79. The van der Waals surface area contributed by atoms with Gasteiger partial charge < -0.3 is 21.7 Å². The molecule has 0 radical (unpaired) electrons. The van der Waals surface area contributed by atoms with Gasteiger partial charge in [0.25, 0.3) is 0 Å². The first-order valence-corrected chi connectivity index (χ1v) is 9.12. The standard InChI is InChI=1S/C20H25N5O2/c21-16(11-14-5-2-1-3-6-14)20(27)25-10-4-7-17(25)19(26)24-13-15-8-9-23-18(22)12-15/h1-3,5-6,8-9,12,16-17H,4,7,10-11,13,21H2,(H2,22,23)(H,24,26)/t16-,17+/m1/s1. The number of carbonyl (C=O) groups excluding carboxylic acids is 2. The van der Waals surface area contributed by atoms with Crippen molar-refractivity contribution in [1.29, 1.82) is 0 Å². The molecule has 3 rings (SSSR count). The van der Waals surface area contributed by atoms with E-state index in [2.05, 4.69) is 10.3 Å². The number of hydrogen-bond donors (Lipinski definition) is 3. The number of pyridine rings is 1. The molecule has 2 atom stereocenters. The molecular weight excluding hydrogens is 342 g/mol. The molecule has 27 heavy (non-hydrogen) atoms. The molecule has 1 aromatic carbocycles. The lowest BCUT2D eigenvalue weighted by Crippen LogP contribution is -2.51. The maximum atomic E-state index is 12.8. The number of amides is 2. The lowest BCUT2D eigenvalue weighted by Gasteiger charge is -2.26. The van der Waals surface area contributed by atoms with Crippen LogP contribution in [-0.2, 0) is 22.6 Å². The third-order valence-corrected chi connectivity index (χ3v) is 4.77. The molecule has 1 fully saturated rings. The van der Waals surface area contributed by atoms with E-state index in [4.69, 9.17) is 11.5 Å². The van der Waals surface area contributed by atoms with Gasteiger partial charge in [-0.3, -0.25) is 9.59 Å². The highest BCUT2D eigenvalue weighted by molar-refractivity contribution is 5.90. The van der Waals surface area contributed by atoms with Crippen LogP contribution in [0.4, 0.5) is 5.82 Å². The fourth-order valence-corrected chi connectivity index (χ4v) is 3.38. The molecule has 1 aliphatic rings. The van der Waals surface area contributed by atoms with Crippen molar-refractivity contribution in [3.8, 4) is 0 Å². The maximum absolute atomic E-state index is 12.8. The van der Waals surface area contributed by atoms with E-state index in [-0.39, 0.29) is 11.8 Å². The van der Waals surface area contributed by atoms with Crippen molar-refractivity contribution in [3.63, 3.8) is 0 Å². The predicted octanol–water partition coefficient (Wildman–Crippen LogP) is 0.841. The fourth-order valence-electron chi connectivity index (χ4n) is 3.38. The Morgan fingerprint density at radius 3 is 2.74 bits per heavy atom. The normalized spacial score (nSPS) is 17.5. The van der Waals surface area contributed by atoms with Gasteiger partial charge in [-0.25, -0.2) is 4.98 Å². The number of hydrogen-bond acceptors (Lipinski definition) is 5. The first kappa shape index (κ1) is 18.8. The molecule has 1 saturated heterocycles. The van der Waals surface area contributed by atoms with Crippen LogP contribution in [-0.4, -0.2) is 40.3 Å². The van der Waals surface area contributed by atoms with E-state index in [1.54, 1.807) is 23.2 Å². The van der Waals surface area contributed by atoms with Crippen LogP contribution in [0.15, 0.2) is 48.7 Å². The van der Waals surface area contributed by atoms with Crippen LogP contribution >= 0.6 is 0 Å². The van der Waals surface area contributed by atoms with Gasteiger partial charge in [0.2, 0.25) is 11.8 Å². The Hall–Kier alpha value is -2.93. The number of nitrogens with zero attached hydrogens (tertiary/aromatic N) is 2. The zero-order valence-electron chi connectivity index (χ0n) is 15.2. The molecule has 5 N–H and O–H groups in total. The summed E-state index contributed by atoms with van der Waals surface area (Å²) in [6.07, 6.45) is 3.50. The van der Waals surface area contributed by atoms with Gasteiger partial charge in [0.1, 0.15) is 11.9 Å². The van der Waals surface area contributed by atoms with E-state index in [0.717, 1.165) is 17.5 Å². The molecule has 2 aromatic rings. The van der Waals surface area contributed by atoms with Gasteiger partial charge in [-0.2, -0.15) is 0 Å². The second kappa shape index (κ2) is 8.64. The van der Waals surface area contributed by atoms with Crippen LogP contribution in [0, 0.1) is 0 Å². The molecule has 0 spiro atoms. The zero-order chi connectivity index (χ0) is 19.2. The smallest absolute Gasteiger partial charge is 0.243 e. The Bertz CT molecular complexity index is 796. The van der Waals surface area contributed by atoms with Crippen LogP contribution in [0.25, 0.3) is 0 Å². The number of anilines is 1. The predicted molar refractivity (Wildman–Crippen MR) is 103 cm³/mol. The van der Waals surface area contributed by atoms with Crippen molar-refractivity contribution < 1.29 is 9.59 Å². The summed E-state index contributed by atoms with van der Waals surface area (Å²) >= 11 is 0. The molecule has 0 unspecified atom stereocenters. The highest BCUT2D eigenvalue weighted by atomic mass is 16.2. The molecular formula is C20H25N5O2. The molecule has 1 aromatic heterocycles. The third kappa shape index (κ3) is 4.83. The summed E-state index contributed by atoms with van der Waals surface area (Å²) in [5.74, 6) is 0.0686. The molecule has 2 amide bonds. The van der Waals surface area contributed by atoms with Crippen molar-refractivity contribution in [2.75, 3.05) is 12.3 Å². The summed E-state index contributed by atoms with van der Waals surface area (Å²) in [4.78, 5) is 30.9. The van der Waals surface area contributed by atoms with Crippen LogP contribution in [0.2, 0.25) is 0 Å². The maximum Gasteiger partial charge on any atom is 0.243 e.